The zero-order valence-electron chi connectivity index (χ0n) is 17.0. The van der Waals surface area contributed by atoms with Crippen LogP contribution in [0.2, 0.25) is 0 Å². The van der Waals surface area contributed by atoms with Crippen molar-refractivity contribution in [3.63, 3.8) is 0 Å². The van der Waals surface area contributed by atoms with Gasteiger partial charge in [-0.05, 0) is 57.7 Å². The fourth-order valence-electron chi connectivity index (χ4n) is 3.38. The van der Waals surface area contributed by atoms with Crippen molar-refractivity contribution >= 4 is 16.8 Å². The molecule has 1 atom stereocenters. The SMILES string of the molecule is CC(=O)c1cccc(CCCn2cnc3c(COC(C)N)nc(C)c(C)c32)c1. The van der Waals surface area contributed by atoms with Gasteiger partial charge in [-0.25, -0.2) is 4.98 Å². The maximum absolute atomic E-state index is 11.6. The molecule has 0 bridgehead atoms. The van der Waals surface area contributed by atoms with Crippen LogP contribution in [-0.4, -0.2) is 26.5 Å². The van der Waals surface area contributed by atoms with Gasteiger partial charge in [0.15, 0.2) is 5.78 Å². The Balaban J connectivity index is 1.78. The highest BCUT2D eigenvalue weighted by Crippen LogP contribution is 2.24. The number of hydrogen-bond donors (Lipinski definition) is 1. The van der Waals surface area contributed by atoms with Gasteiger partial charge in [0, 0.05) is 17.8 Å². The van der Waals surface area contributed by atoms with Crippen molar-refractivity contribution in [3.05, 3.63) is 58.7 Å². The van der Waals surface area contributed by atoms with Crippen LogP contribution in [0.1, 0.15) is 53.1 Å². The smallest absolute Gasteiger partial charge is 0.159 e. The summed E-state index contributed by atoms with van der Waals surface area (Å²) < 4.78 is 7.73. The summed E-state index contributed by atoms with van der Waals surface area (Å²) in [5.74, 6) is 0.0996. The first-order chi connectivity index (χ1) is 13.4. The minimum atomic E-state index is -0.341. The highest BCUT2D eigenvalue weighted by atomic mass is 16.5. The lowest BCUT2D eigenvalue weighted by Crippen LogP contribution is -2.19. The Hall–Kier alpha value is -2.57. The number of nitrogens with two attached hydrogens (primary N) is 1. The number of aromatic nitrogens is 3. The van der Waals surface area contributed by atoms with Gasteiger partial charge in [0.1, 0.15) is 11.7 Å². The fraction of sp³-hybridized carbons (Fsp3) is 0.409. The third-order valence-electron chi connectivity index (χ3n) is 4.99. The predicted octanol–water partition coefficient (Wildman–Crippen LogP) is 3.70. The number of fused-ring (bicyclic) bond motifs is 1. The fourth-order valence-corrected chi connectivity index (χ4v) is 3.38. The Morgan fingerprint density at radius 3 is 2.82 bits per heavy atom. The third-order valence-corrected chi connectivity index (χ3v) is 4.99. The minimum Gasteiger partial charge on any atom is -0.358 e. The van der Waals surface area contributed by atoms with Crippen molar-refractivity contribution in [2.75, 3.05) is 0 Å². The molecule has 3 rings (SSSR count). The van der Waals surface area contributed by atoms with Gasteiger partial charge in [0.25, 0.3) is 0 Å². The number of pyridine rings is 1. The van der Waals surface area contributed by atoms with E-state index in [1.54, 1.807) is 13.8 Å². The molecule has 148 valence electrons. The molecule has 0 aliphatic rings. The Morgan fingerprint density at radius 2 is 2.11 bits per heavy atom. The monoisotopic (exact) mass is 380 g/mol. The quantitative estimate of drug-likeness (QED) is 0.476. The van der Waals surface area contributed by atoms with E-state index in [-0.39, 0.29) is 12.0 Å². The van der Waals surface area contributed by atoms with Gasteiger partial charge >= 0.3 is 0 Å². The van der Waals surface area contributed by atoms with Crippen molar-refractivity contribution in [2.24, 2.45) is 5.73 Å². The molecule has 28 heavy (non-hydrogen) atoms. The number of rotatable bonds is 8. The summed E-state index contributed by atoms with van der Waals surface area (Å²) in [6.07, 6.45) is 3.40. The Labute approximate surface area is 165 Å². The molecule has 2 heterocycles. The number of ether oxygens (including phenoxy) is 1. The first-order valence-corrected chi connectivity index (χ1v) is 9.64. The van der Waals surface area contributed by atoms with E-state index < -0.39 is 0 Å². The van der Waals surface area contributed by atoms with Gasteiger partial charge in [-0.3, -0.25) is 9.78 Å². The zero-order chi connectivity index (χ0) is 20.3. The zero-order valence-corrected chi connectivity index (χ0v) is 17.0. The molecule has 6 heteroatoms. The molecule has 0 saturated heterocycles. The number of carbonyl (C=O) groups is 1. The molecule has 0 fully saturated rings. The molecule has 2 N–H and O–H groups in total. The van der Waals surface area contributed by atoms with Gasteiger partial charge in [0.2, 0.25) is 0 Å². The van der Waals surface area contributed by atoms with Gasteiger partial charge in [0.05, 0.1) is 24.1 Å². The van der Waals surface area contributed by atoms with E-state index >= 15 is 0 Å². The number of imidazole rings is 1. The van der Waals surface area contributed by atoms with Crippen molar-refractivity contribution < 1.29 is 9.53 Å². The maximum atomic E-state index is 11.6. The van der Waals surface area contributed by atoms with E-state index in [4.69, 9.17) is 10.5 Å². The van der Waals surface area contributed by atoms with E-state index in [1.165, 1.54) is 5.56 Å². The van der Waals surface area contributed by atoms with Crippen molar-refractivity contribution in [1.29, 1.82) is 0 Å². The molecule has 0 aliphatic heterocycles. The standard InChI is InChI=1S/C22H28N4O2/c1-14-15(2)25-20(12-28-17(4)23)21-22(14)26(13-24-21)10-6-8-18-7-5-9-19(11-18)16(3)27/h5,7,9,11,13,17H,6,8,10,12,23H2,1-4H3. The second kappa shape index (κ2) is 8.63. The molecule has 1 unspecified atom stereocenters. The van der Waals surface area contributed by atoms with Crippen LogP contribution < -0.4 is 5.73 Å². The average molecular weight is 380 g/mol. The predicted molar refractivity (Wildman–Crippen MR) is 110 cm³/mol. The van der Waals surface area contributed by atoms with Gasteiger partial charge in [-0.1, -0.05) is 18.2 Å². The van der Waals surface area contributed by atoms with Gasteiger partial charge < -0.3 is 15.0 Å². The first-order valence-electron chi connectivity index (χ1n) is 9.64. The van der Waals surface area contributed by atoms with Crippen LogP contribution in [0.5, 0.6) is 0 Å². The van der Waals surface area contributed by atoms with Crippen LogP contribution in [0, 0.1) is 13.8 Å². The molecule has 1 aromatic carbocycles. The number of aryl methyl sites for hydroxylation is 4. The summed E-state index contributed by atoms with van der Waals surface area (Å²) in [6, 6.07) is 7.86. The van der Waals surface area contributed by atoms with Gasteiger partial charge in [-0.15, -0.1) is 0 Å². The second-order valence-electron chi connectivity index (χ2n) is 7.28. The van der Waals surface area contributed by atoms with E-state index in [0.29, 0.717) is 6.61 Å². The summed E-state index contributed by atoms with van der Waals surface area (Å²) >= 11 is 0. The van der Waals surface area contributed by atoms with E-state index in [2.05, 4.69) is 27.5 Å². The molecule has 0 spiro atoms. The Bertz CT molecular complexity index is 992. The van der Waals surface area contributed by atoms with E-state index in [0.717, 1.165) is 52.9 Å². The van der Waals surface area contributed by atoms with E-state index in [1.807, 2.05) is 31.5 Å². The normalized spacial score (nSPS) is 12.5. The van der Waals surface area contributed by atoms with Crippen LogP contribution in [0.15, 0.2) is 30.6 Å². The largest absolute Gasteiger partial charge is 0.358 e. The summed E-state index contributed by atoms with van der Waals surface area (Å²) in [6.45, 7) is 8.69. The molecular formula is C22H28N4O2. The Kier molecular flexibility index (Phi) is 6.21. The summed E-state index contributed by atoms with van der Waals surface area (Å²) in [7, 11) is 0. The maximum Gasteiger partial charge on any atom is 0.159 e. The van der Waals surface area contributed by atoms with Crippen molar-refractivity contribution in [3.8, 4) is 0 Å². The number of Topliss-reactive ketones (excluding diaryl/α,β-unsaturated/α-hetero) is 1. The number of carbonyl (C=O) groups excluding carboxylic acids is 1. The van der Waals surface area contributed by atoms with Crippen molar-refractivity contribution in [2.45, 2.75) is 59.9 Å². The van der Waals surface area contributed by atoms with Crippen LogP contribution in [0.4, 0.5) is 0 Å². The van der Waals surface area contributed by atoms with Crippen LogP contribution >= 0.6 is 0 Å². The first kappa shape index (κ1) is 20.2. The number of benzene rings is 1. The molecule has 0 saturated carbocycles. The lowest BCUT2D eigenvalue weighted by Gasteiger charge is -2.12. The summed E-state index contributed by atoms with van der Waals surface area (Å²) in [5, 5.41) is 0. The molecule has 6 nitrogen and oxygen atoms in total. The number of hydrogen-bond acceptors (Lipinski definition) is 5. The van der Waals surface area contributed by atoms with Crippen LogP contribution in [0.3, 0.4) is 0 Å². The third kappa shape index (κ3) is 4.46. The van der Waals surface area contributed by atoms with Crippen LogP contribution in [0.25, 0.3) is 11.0 Å². The molecule has 3 aromatic rings. The van der Waals surface area contributed by atoms with Gasteiger partial charge in [-0.2, -0.15) is 0 Å². The minimum absolute atomic E-state index is 0.0996. The van der Waals surface area contributed by atoms with Crippen molar-refractivity contribution in [1.82, 2.24) is 14.5 Å². The summed E-state index contributed by atoms with van der Waals surface area (Å²) in [5.41, 5.74) is 12.6. The second-order valence-corrected chi connectivity index (χ2v) is 7.28. The average Bonchev–Trinajstić information content (AvgIpc) is 3.08. The molecule has 0 amide bonds. The molecular weight excluding hydrogens is 352 g/mol. The molecule has 2 aromatic heterocycles. The van der Waals surface area contributed by atoms with E-state index in [9.17, 15) is 4.79 Å². The number of nitrogens with zero attached hydrogens (tertiary/aromatic N) is 3. The number of ketones is 1. The lowest BCUT2D eigenvalue weighted by atomic mass is 10.0. The molecule has 0 radical (unpaired) electrons. The molecule has 0 aliphatic carbocycles. The van der Waals surface area contributed by atoms with Crippen LogP contribution in [-0.2, 0) is 24.3 Å². The highest BCUT2D eigenvalue weighted by Gasteiger charge is 2.15. The Morgan fingerprint density at radius 1 is 1.32 bits per heavy atom. The lowest BCUT2D eigenvalue weighted by molar-refractivity contribution is 0.0562. The topological polar surface area (TPSA) is 83.0 Å². The summed E-state index contributed by atoms with van der Waals surface area (Å²) in [4.78, 5) is 20.8. The highest BCUT2D eigenvalue weighted by molar-refractivity contribution is 5.94.